The summed E-state index contributed by atoms with van der Waals surface area (Å²) in [7, 11) is 3.77. The Hall–Kier alpha value is -2.28. The SMILES string of the molecule is CN(C)c1nc(N)nc(CN2CCCc3c(N)cccc32)n1.Cl. The van der Waals surface area contributed by atoms with E-state index in [0.717, 1.165) is 30.8 Å². The quantitative estimate of drug-likeness (QED) is 0.820. The Bertz CT molecular complexity index is 690. The van der Waals surface area contributed by atoms with Crippen LogP contribution in [-0.2, 0) is 13.0 Å². The Morgan fingerprint density at radius 2 is 1.96 bits per heavy atom. The maximum atomic E-state index is 6.09. The van der Waals surface area contributed by atoms with Crippen LogP contribution in [-0.4, -0.2) is 35.6 Å². The van der Waals surface area contributed by atoms with Crippen molar-refractivity contribution in [2.24, 2.45) is 0 Å². The molecule has 3 rings (SSSR count). The zero-order chi connectivity index (χ0) is 15.7. The van der Waals surface area contributed by atoms with E-state index >= 15 is 0 Å². The predicted molar refractivity (Wildman–Crippen MR) is 96.0 cm³/mol. The van der Waals surface area contributed by atoms with E-state index in [1.807, 2.05) is 31.1 Å². The van der Waals surface area contributed by atoms with Gasteiger partial charge in [-0.2, -0.15) is 15.0 Å². The number of halogens is 1. The smallest absolute Gasteiger partial charge is 0.229 e. The summed E-state index contributed by atoms with van der Waals surface area (Å²) in [6.07, 6.45) is 2.09. The zero-order valence-corrected chi connectivity index (χ0v) is 14.2. The van der Waals surface area contributed by atoms with Gasteiger partial charge >= 0.3 is 0 Å². The Labute approximate surface area is 142 Å². The van der Waals surface area contributed by atoms with E-state index in [4.69, 9.17) is 11.5 Å². The first-order valence-electron chi connectivity index (χ1n) is 7.34. The van der Waals surface area contributed by atoms with Crippen LogP contribution in [0.25, 0.3) is 0 Å². The molecule has 1 aliphatic heterocycles. The second kappa shape index (κ2) is 6.87. The molecule has 2 heterocycles. The fourth-order valence-corrected chi connectivity index (χ4v) is 2.76. The van der Waals surface area contributed by atoms with Crippen molar-refractivity contribution < 1.29 is 0 Å². The van der Waals surface area contributed by atoms with Crippen LogP contribution in [0.2, 0.25) is 0 Å². The van der Waals surface area contributed by atoms with Crippen molar-refractivity contribution in [3.05, 3.63) is 29.6 Å². The van der Waals surface area contributed by atoms with Gasteiger partial charge in [0.1, 0.15) is 0 Å². The molecule has 0 radical (unpaired) electrons. The third-order valence-corrected chi connectivity index (χ3v) is 3.80. The molecule has 8 heteroatoms. The number of nitrogens with two attached hydrogens (primary N) is 2. The summed E-state index contributed by atoms with van der Waals surface area (Å²) in [4.78, 5) is 16.9. The van der Waals surface area contributed by atoms with Gasteiger partial charge in [0, 0.05) is 32.0 Å². The molecule has 0 amide bonds. The van der Waals surface area contributed by atoms with Crippen molar-refractivity contribution >= 4 is 35.7 Å². The molecule has 1 aliphatic rings. The average molecular weight is 336 g/mol. The molecule has 7 nitrogen and oxygen atoms in total. The molecule has 124 valence electrons. The van der Waals surface area contributed by atoms with Gasteiger partial charge in [-0.1, -0.05) is 6.07 Å². The van der Waals surface area contributed by atoms with Crippen LogP contribution in [0.15, 0.2) is 18.2 Å². The van der Waals surface area contributed by atoms with E-state index in [0.29, 0.717) is 18.3 Å². The molecule has 0 fully saturated rings. The van der Waals surface area contributed by atoms with Crippen LogP contribution in [0.3, 0.4) is 0 Å². The monoisotopic (exact) mass is 335 g/mol. The van der Waals surface area contributed by atoms with Gasteiger partial charge in [-0.05, 0) is 30.5 Å². The highest BCUT2D eigenvalue weighted by atomic mass is 35.5. The first-order valence-corrected chi connectivity index (χ1v) is 7.34. The molecule has 0 unspecified atom stereocenters. The van der Waals surface area contributed by atoms with Crippen molar-refractivity contribution in [1.29, 1.82) is 0 Å². The summed E-state index contributed by atoms with van der Waals surface area (Å²) in [6, 6.07) is 6.04. The molecule has 0 saturated carbocycles. The molecule has 0 bridgehead atoms. The molecule has 0 aliphatic carbocycles. The third kappa shape index (κ3) is 3.56. The first kappa shape index (κ1) is 17.1. The fourth-order valence-electron chi connectivity index (χ4n) is 2.76. The van der Waals surface area contributed by atoms with E-state index in [1.54, 1.807) is 0 Å². The summed E-state index contributed by atoms with van der Waals surface area (Å²) in [6.45, 7) is 1.56. The van der Waals surface area contributed by atoms with E-state index in [1.165, 1.54) is 5.56 Å². The molecule has 0 atom stereocenters. The van der Waals surface area contributed by atoms with Crippen LogP contribution in [0.4, 0.5) is 23.3 Å². The lowest BCUT2D eigenvalue weighted by Gasteiger charge is -2.31. The van der Waals surface area contributed by atoms with E-state index in [-0.39, 0.29) is 18.4 Å². The van der Waals surface area contributed by atoms with E-state index < -0.39 is 0 Å². The predicted octanol–water partition coefficient (Wildman–Crippen LogP) is 1.48. The van der Waals surface area contributed by atoms with Gasteiger partial charge < -0.3 is 21.3 Å². The maximum absolute atomic E-state index is 6.09. The molecule has 2 aromatic rings. The fraction of sp³-hybridized carbons (Fsp3) is 0.400. The van der Waals surface area contributed by atoms with Crippen molar-refractivity contribution in [3.63, 3.8) is 0 Å². The van der Waals surface area contributed by atoms with Crippen molar-refractivity contribution in [1.82, 2.24) is 15.0 Å². The molecule has 23 heavy (non-hydrogen) atoms. The van der Waals surface area contributed by atoms with Gasteiger partial charge in [0.25, 0.3) is 0 Å². The van der Waals surface area contributed by atoms with Crippen molar-refractivity contribution in [3.8, 4) is 0 Å². The molecular weight excluding hydrogens is 314 g/mol. The average Bonchev–Trinajstić information content (AvgIpc) is 2.48. The Kier molecular flexibility index (Phi) is 5.10. The van der Waals surface area contributed by atoms with Gasteiger partial charge in [-0.25, -0.2) is 0 Å². The highest BCUT2D eigenvalue weighted by Gasteiger charge is 2.20. The lowest BCUT2D eigenvalue weighted by atomic mass is 10.00. The highest BCUT2D eigenvalue weighted by molar-refractivity contribution is 5.85. The second-order valence-electron chi connectivity index (χ2n) is 5.67. The van der Waals surface area contributed by atoms with Crippen LogP contribution >= 0.6 is 12.4 Å². The summed E-state index contributed by atoms with van der Waals surface area (Å²) in [5, 5.41) is 0. The van der Waals surface area contributed by atoms with Gasteiger partial charge in [-0.15, -0.1) is 12.4 Å². The summed E-state index contributed by atoms with van der Waals surface area (Å²) >= 11 is 0. The van der Waals surface area contributed by atoms with Crippen LogP contribution in [0, 0.1) is 0 Å². The van der Waals surface area contributed by atoms with Crippen molar-refractivity contribution in [2.75, 3.05) is 41.9 Å². The summed E-state index contributed by atoms with van der Waals surface area (Å²) in [5.74, 6) is 1.50. The third-order valence-electron chi connectivity index (χ3n) is 3.80. The molecule has 0 spiro atoms. The number of hydrogen-bond acceptors (Lipinski definition) is 7. The lowest BCUT2D eigenvalue weighted by Crippen LogP contribution is -2.30. The molecular formula is C15H22ClN7. The Morgan fingerprint density at radius 1 is 1.17 bits per heavy atom. The molecule has 1 aromatic carbocycles. The number of nitrogen functional groups attached to an aromatic ring is 2. The van der Waals surface area contributed by atoms with Gasteiger partial charge in [0.15, 0.2) is 5.82 Å². The minimum Gasteiger partial charge on any atom is -0.398 e. The Balaban J connectivity index is 0.00000192. The number of rotatable bonds is 3. The highest BCUT2D eigenvalue weighted by Crippen LogP contribution is 2.31. The summed E-state index contributed by atoms with van der Waals surface area (Å²) in [5.41, 5.74) is 15.1. The van der Waals surface area contributed by atoms with Crippen molar-refractivity contribution in [2.45, 2.75) is 19.4 Å². The van der Waals surface area contributed by atoms with E-state index in [9.17, 15) is 0 Å². The lowest BCUT2D eigenvalue weighted by molar-refractivity contribution is 0.672. The second-order valence-corrected chi connectivity index (χ2v) is 5.67. The number of nitrogens with zero attached hydrogens (tertiary/aromatic N) is 5. The molecule has 0 saturated heterocycles. The van der Waals surface area contributed by atoms with Gasteiger partial charge in [-0.3, -0.25) is 0 Å². The van der Waals surface area contributed by atoms with Crippen LogP contribution in [0.5, 0.6) is 0 Å². The first-order chi connectivity index (χ1) is 10.5. The number of benzene rings is 1. The summed E-state index contributed by atoms with van der Waals surface area (Å²) < 4.78 is 0. The molecule has 4 N–H and O–H groups in total. The largest absolute Gasteiger partial charge is 0.398 e. The number of fused-ring (bicyclic) bond motifs is 1. The number of anilines is 4. The minimum absolute atomic E-state index is 0. The molecule has 1 aromatic heterocycles. The standard InChI is InChI=1S/C15H21N7.ClH/c1-21(2)15-19-13(18-14(17)20-15)9-22-8-4-5-10-11(16)6-3-7-12(10)22;/h3,6-7H,4-5,8-9,16H2,1-2H3,(H2,17,18,19,20);1H. The zero-order valence-electron chi connectivity index (χ0n) is 13.4. The Morgan fingerprint density at radius 3 is 2.70 bits per heavy atom. The van der Waals surface area contributed by atoms with E-state index in [2.05, 4.69) is 25.9 Å². The number of aromatic nitrogens is 3. The minimum atomic E-state index is 0. The maximum Gasteiger partial charge on any atom is 0.229 e. The van der Waals surface area contributed by atoms with Crippen LogP contribution in [0.1, 0.15) is 17.8 Å². The number of hydrogen-bond donors (Lipinski definition) is 2. The van der Waals surface area contributed by atoms with Gasteiger partial charge in [0.05, 0.1) is 6.54 Å². The van der Waals surface area contributed by atoms with Crippen LogP contribution < -0.4 is 21.3 Å². The van der Waals surface area contributed by atoms with Gasteiger partial charge in [0.2, 0.25) is 11.9 Å². The normalized spacial score (nSPS) is 13.2. The topological polar surface area (TPSA) is 97.2 Å².